The average Bonchev–Trinajstić information content (AvgIpc) is 2.39. The summed E-state index contributed by atoms with van der Waals surface area (Å²) in [6.45, 7) is 2.20. The lowest BCUT2D eigenvalue weighted by atomic mass is 10.1. The molecule has 0 saturated carbocycles. The number of para-hydroxylation sites is 1. The Morgan fingerprint density at radius 3 is 2.37 bits per heavy atom. The van der Waals surface area contributed by atoms with Crippen molar-refractivity contribution >= 4 is 43.5 Å². The second kappa shape index (κ2) is 8.75. The molecular weight excluding hydrogens is 370 g/mol. The maximum atomic E-state index is 12.1. The van der Waals surface area contributed by atoms with Gasteiger partial charge in [-0.25, -0.2) is 0 Å². The molecule has 1 N–H and O–H groups in total. The minimum atomic E-state index is -0.665. The molecule has 1 aromatic rings. The Morgan fingerprint density at radius 2 is 1.74 bits per heavy atom. The van der Waals surface area contributed by atoms with Crippen molar-refractivity contribution in [1.29, 1.82) is 0 Å². The number of nitrogens with one attached hydrogen (secondary N) is 1. The maximum absolute atomic E-state index is 12.1. The normalized spacial score (nSPS) is 11.3. The summed E-state index contributed by atoms with van der Waals surface area (Å²) in [6.07, 6.45) is 6.75. The molecule has 1 amide bonds. The molecule has 4 heteroatoms. The zero-order valence-electron chi connectivity index (χ0n) is 11.3. The van der Waals surface area contributed by atoms with Gasteiger partial charge in [-0.15, -0.1) is 0 Å². The van der Waals surface area contributed by atoms with E-state index in [-0.39, 0.29) is 5.91 Å². The quantitative estimate of drug-likeness (QED) is 0.462. The summed E-state index contributed by atoms with van der Waals surface area (Å²) in [6, 6.07) is 9.51. The van der Waals surface area contributed by atoms with Gasteiger partial charge in [-0.3, -0.25) is 4.79 Å². The predicted molar refractivity (Wildman–Crippen MR) is 89.0 cm³/mol. The van der Waals surface area contributed by atoms with Crippen molar-refractivity contribution in [3.05, 3.63) is 30.3 Å². The van der Waals surface area contributed by atoms with Crippen molar-refractivity contribution in [3.8, 4) is 0 Å². The molecule has 2 nitrogen and oxygen atoms in total. The number of benzene rings is 1. The van der Waals surface area contributed by atoms with Gasteiger partial charge in [0, 0.05) is 5.69 Å². The highest BCUT2D eigenvalue weighted by atomic mass is 79.9. The maximum Gasteiger partial charge on any atom is 0.252 e. The van der Waals surface area contributed by atoms with Crippen LogP contribution in [-0.4, -0.2) is 9.14 Å². The number of alkyl halides is 2. The van der Waals surface area contributed by atoms with Crippen LogP contribution >= 0.6 is 31.9 Å². The van der Waals surface area contributed by atoms with Crippen molar-refractivity contribution < 1.29 is 4.79 Å². The number of hydrogen-bond acceptors (Lipinski definition) is 1. The standard InChI is InChI=1S/C15H21Br2NO/c1-2-3-4-5-9-12-15(16,17)14(19)18-13-10-7-6-8-11-13/h6-8,10-11H,2-5,9,12H2,1H3,(H,18,19). The summed E-state index contributed by atoms with van der Waals surface area (Å²) in [7, 11) is 0. The van der Waals surface area contributed by atoms with Gasteiger partial charge in [0.15, 0.2) is 3.23 Å². The molecule has 0 aliphatic heterocycles. The van der Waals surface area contributed by atoms with E-state index in [0.717, 1.165) is 18.5 Å². The minimum Gasteiger partial charge on any atom is -0.324 e. The number of halogens is 2. The summed E-state index contributed by atoms with van der Waals surface area (Å²) in [5, 5.41) is 2.90. The zero-order valence-corrected chi connectivity index (χ0v) is 14.5. The van der Waals surface area contributed by atoms with Crippen LogP contribution in [0.1, 0.15) is 45.4 Å². The molecule has 0 radical (unpaired) electrons. The first kappa shape index (κ1) is 16.7. The van der Waals surface area contributed by atoms with Crippen LogP contribution in [0.2, 0.25) is 0 Å². The number of hydrogen-bond donors (Lipinski definition) is 1. The number of anilines is 1. The van der Waals surface area contributed by atoms with Gasteiger partial charge in [0.25, 0.3) is 5.91 Å². The molecule has 0 aromatic heterocycles. The van der Waals surface area contributed by atoms with E-state index in [1.54, 1.807) is 0 Å². The van der Waals surface area contributed by atoms with Crippen molar-refractivity contribution in [2.24, 2.45) is 0 Å². The van der Waals surface area contributed by atoms with Gasteiger partial charge in [-0.05, 0) is 18.6 Å². The third kappa shape index (κ3) is 6.57. The fraction of sp³-hybridized carbons (Fsp3) is 0.533. The molecule has 0 saturated heterocycles. The Hall–Kier alpha value is -0.350. The van der Waals surface area contributed by atoms with Crippen LogP contribution in [0.15, 0.2) is 30.3 Å². The van der Waals surface area contributed by atoms with Crippen LogP contribution < -0.4 is 5.32 Å². The summed E-state index contributed by atoms with van der Waals surface area (Å²) < 4.78 is -0.665. The lowest BCUT2D eigenvalue weighted by molar-refractivity contribution is -0.116. The molecule has 0 spiro atoms. The number of amides is 1. The third-order valence-corrected chi connectivity index (χ3v) is 4.47. The highest BCUT2D eigenvalue weighted by Gasteiger charge is 2.31. The van der Waals surface area contributed by atoms with Crippen LogP contribution in [0.5, 0.6) is 0 Å². The molecule has 0 unspecified atom stereocenters. The first-order valence-electron chi connectivity index (χ1n) is 6.80. The highest BCUT2D eigenvalue weighted by molar-refractivity contribution is 9.25. The molecule has 0 aliphatic rings. The van der Waals surface area contributed by atoms with E-state index in [4.69, 9.17) is 0 Å². The Balaban J connectivity index is 2.37. The Kier molecular flexibility index (Phi) is 7.69. The number of unbranched alkanes of at least 4 members (excludes halogenated alkanes) is 4. The second-order valence-corrected chi connectivity index (χ2v) is 8.46. The van der Waals surface area contributed by atoms with E-state index in [1.807, 2.05) is 30.3 Å². The number of carbonyl (C=O) groups is 1. The number of carbonyl (C=O) groups excluding carboxylic acids is 1. The third-order valence-electron chi connectivity index (χ3n) is 2.96. The van der Waals surface area contributed by atoms with E-state index in [2.05, 4.69) is 44.1 Å². The average molecular weight is 391 g/mol. The molecule has 19 heavy (non-hydrogen) atoms. The largest absolute Gasteiger partial charge is 0.324 e. The Morgan fingerprint density at radius 1 is 1.11 bits per heavy atom. The summed E-state index contributed by atoms with van der Waals surface area (Å²) >= 11 is 6.96. The number of rotatable bonds is 8. The van der Waals surface area contributed by atoms with Gasteiger partial charge in [-0.2, -0.15) is 0 Å². The minimum absolute atomic E-state index is 0.0470. The fourth-order valence-electron chi connectivity index (χ4n) is 1.81. The molecule has 106 valence electrons. The SMILES string of the molecule is CCCCCCCC(Br)(Br)C(=O)Nc1ccccc1. The molecule has 0 bridgehead atoms. The Bertz CT molecular complexity index is 379. The zero-order chi connectivity index (χ0) is 14.1. The van der Waals surface area contributed by atoms with Gasteiger partial charge in [0.05, 0.1) is 0 Å². The van der Waals surface area contributed by atoms with Crippen LogP contribution in [0.3, 0.4) is 0 Å². The first-order valence-corrected chi connectivity index (χ1v) is 8.39. The van der Waals surface area contributed by atoms with Gasteiger partial charge < -0.3 is 5.32 Å². The lowest BCUT2D eigenvalue weighted by Gasteiger charge is -2.19. The van der Waals surface area contributed by atoms with E-state index >= 15 is 0 Å². The molecular formula is C15H21Br2NO. The second-order valence-electron chi connectivity index (χ2n) is 4.69. The highest BCUT2D eigenvalue weighted by Crippen LogP contribution is 2.33. The molecule has 0 fully saturated rings. The van der Waals surface area contributed by atoms with Crippen molar-refractivity contribution in [1.82, 2.24) is 0 Å². The van der Waals surface area contributed by atoms with Gasteiger partial charge in [0.2, 0.25) is 0 Å². The van der Waals surface area contributed by atoms with Crippen LogP contribution in [0, 0.1) is 0 Å². The predicted octanol–water partition coefficient (Wildman–Crippen LogP) is 5.47. The molecule has 0 aliphatic carbocycles. The lowest BCUT2D eigenvalue weighted by Crippen LogP contribution is -2.31. The summed E-state index contributed by atoms with van der Waals surface area (Å²) in [5.74, 6) is -0.0470. The van der Waals surface area contributed by atoms with Crippen molar-refractivity contribution in [2.45, 2.75) is 48.7 Å². The van der Waals surface area contributed by atoms with Gasteiger partial charge in [-0.1, -0.05) is 89.1 Å². The Labute approximate surface area is 132 Å². The van der Waals surface area contributed by atoms with E-state index in [1.165, 1.54) is 25.7 Å². The van der Waals surface area contributed by atoms with Gasteiger partial charge in [0.1, 0.15) is 0 Å². The molecule has 1 aromatic carbocycles. The molecule has 0 heterocycles. The van der Waals surface area contributed by atoms with E-state index < -0.39 is 3.23 Å². The van der Waals surface area contributed by atoms with E-state index in [0.29, 0.717) is 0 Å². The topological polar surface area (TPSA) is 29.1 Å². The first-order chi connectivity index (χ1) is 9.06. The van der Waals surface area contributed by atoms with Crippen LogP contribution in [-0.2, 0) is 4.79 Å². The van der Waals surface area contributed by atoms with Crippen LogP contribution in [0.4, 0.5) is 5.69 Å². The smallest absolute Gasteiger partial charge is 0.252 e. The molecule has 1 rings (SSSR count). The van der Waals surface area contributed by atoms with Gasteiger partial charge >= 0.3 is 0 Å². The molecule has 0 atom stereocenters. The summed E-state index contributed by atoms with van der Waals surface area (Å²) in [5.41, 5.74) is 0.821. The fourth-order valence-corrected chi connectivity index (χ4v) is 2.57. The monoisotopic (exact) mass is 389 g/mol. The van der Waals surface area contributed by atoms with Crippen LogP contribution in [0.25, 0.3) is 0 Å². The summed E-state index contributed by atoms with van der Waals surface area (Å²) in [4.78, 5) is 12.1. The van der Waals surface area contributed by atoms with E-state index in [9.17, 15) is 4.79 Å². The van der Waals surface area contributed by atoms with Crippen molar-refractivity contribution in [3.63, 3.8) is 0 Å². The van der Waals surface area contributed by atoms with Crippen molar-refractivity contribution in [2.75, 3.05) is 5.32 Å².